The summed E-state index contributed by atoms with van der Waals surface area (Å²) >= 11 is 0. The van der Waals surface area contributed by atoms with E-state index in [0.717, 1.165) is 0 Å². The molecule has 0 unspecified atom stereocenters. The number of carbonyl (C=O) groups is 6. The monoisotopic (exact) mass is 670 g/mol. The van der Waals surface area contributed by atoms with Gasteiger partial charge in [-0.05, 0) is 0 Å². The molecule has 0 aromatic rings. The molecular formula is C6H14Ce2O19. The van der Waals surface area contributed by atoms with E-state index in [-0.39, 0.29) is 122 Å². The van der Waals surface area contributed by atoms with Crippen LogP contribution >= 0.6 is 0 Å². The molecule has 0 heterocycles. The third-order valence-electron chi connectivity index (χ3n) is 0.500. The molecule has 0 saturated heterocycles. The Morgan fingerprint density at radius 2 is 0.333 bits per heavy atom. The van der Waals surface area contributed by atoms with Gasteiger partial charge in [0.15, 0.2) is 0 Å². The minimum absolute atomic E-state index is 0. The minimum Gasteiger partial charge on any atom is -0.543 e. The van der Waals surface area contributed by atoms with Crippen molar-refractivity contribution >= 4 is 35.8 Å². The maximum atomic E-state index is 8.93. The molecule has 0 amide bonds. The molecule has 0 rings (SSSR count). The largest absolute Gasteiger partial charge is 3.00 e. The topological polar surface area (TPSA) is 461 Å². The molecule has 0 bridgehead atoms. The van der Waals surface area contributed by atoms with Gasteiger partial charge >= 0.3 is 83.5 Å². The van der Waals surface area contributed by atoms with Crippen LogP contribution in [0.1, 0.15) is 0 Å². The molecular weight excluding hydrogens is 656 g/mol. The van der Waals surface area contributed by atoms with Crippen LogP contribution in [-0.4, -0.2) is 74.1 Å². The standard InChI is InChI=1S/3C2H2O4.2Ce.7H2O/c3*3-1(4)2(5)6;;;;;;;;;/h3*(H,3,4)(H,5,6);;;7*1H2/q;;;2*+3;;;;;;;/p-6. The van der Waals surface area contributed by atoms with E-state index in [4.69, 9.17) is 59.4 Å². The smallest absolute Gasteiger partial charge is 0.543 e. The average molecular weight is 670 g/mol. The summed E-state index contributed by atoms with van der Waals surface area (Å²) in [6, 6.07) is 0. The summed E-state index contributed by atoms with van der Waals surface area (Å²) in [4.78, 5) is 53.6. The van der Waals surface area contributed by atoms with Gasteiger partial charge in [-0.3, -0.25) is 0 Å². The van der Waals surface area contributed by atoms with Gasteiger partial charge < -0.3 is 97.7 Å². The molecule has 0 spiro atoms. The molecule has 0 aromatic heterocycles. The Kier molecular flexibility index (Phi) is 152. The Morgan fingerprint density at radius 1 is 0.296 bits per heavy atom. The van der Waals surface area contributed by atoms with Crippen LogP contribution in [0.25, 0.3) is 0 Å². The summed E-state index contributed by atoms with van der Waals surface area (Å²) in [5, 5.41) is 53.6. The van der Waals surface area contributed by atoms with Crippen molar-refractivity contribution in [3.05, 3.63) is 0 Å². The van der Waals surface area contributed by atoms with Crippen LogP contribution in [0.15, 0.2) is 0 Å². The van der Waals surface area contributed by atoms with Gasteiger partial charge in [-0.25, -0.2) is 0 Å². The maximum Gasteiger partial charge on any atom is 3.00 e. The number of hydrogen-bond acceptors (Lipinski definition) is 12. The number of carbonyl (C=O) groups excluding carboxylic acids is 6. The molecule has 19 nitrogen and oxygen atoms in total. The van der Waals surface area contributed by atoms with E-state index < -0.39 is 35.8 Å². The van der Waals surface area contributed by atoms with Crippen molar-refractivity contribution < 1.29 is 181 Å². The third-order valence-corrected chi connectivity index (χ3v) is 0.500. The average Bonchev–Trinajstić information content (AvgIpc) is 2.18. The molecule has 0 aliphatic carbocycles. The zero-order valence-corrected chi connectivity index (χ0v) is 18.7. The first kappa shape index (κ1) is 82.3. The second-order valence-corrected chi connectivity index (χ2v) is 1.72. The SMILES string of the molecule is O.O.O.O.O.O.O.O=C([O-])C(=O)[O-].O=C([O-])C(=O)[O-].O=C([O-])C(=O)[O-].[Ce+3].[Ce+3]. The minimum atomic E-state index is -2.19. The van der Waals surface area contributed by atoms with Crippen LogP contribution in [0, 0.1) is 83.5 Å². The van der Waals surface area contributed by atoms with Crippen LogP contribution in [0.3, 0.4) is 0 Å². The number of hydrogen-bond donors (Lipinski definition) is 0. The van der Waals surface area contributed by atoms with E-state index >= 15 is 0 Å². The van der Waals surface area contributed by atoms with Gasteiger partial charge in [0, 0.05) is 0 Å². The third kappa shape index (κ3) is 108. The first-order valence-electron chi connectivity index (χ1n) is 3.20. The van der Waals surface area contributed by atoms with Crippen LogP contribution in [-0.2, 0) is 28.8 Å². The molecule has 2 radical (unpaired) electrons. The number of aliphatic carboxylic acids is 6. The molecule has 0 aliphatic heterocycles. The van der Waals surface area contributed by atoms with E-state index in [1.807, 2.05) is 0 Å². The fourth-order valence-corrected chi connectivity index (χ4v) is 0. The zero-order valence-electron chi connectivity index (χ0n) is 12.4. The molecule has 0 aliphatic rings. The van der Waals surface area contributed by atoms with Gasteiger partial charge in [0.05, 0.1) is 35.8 Å². The van der Waals surface area contributed by atoms with Crippen molar-refractivity contribution in [2.24, 2.45) is 0 Å². The summed E-state index contributed by atoms with van der Waals surface area (Å²) in [7, 11) is 0. The normalized spacial score (nSPS) is 4.89. The number of carboxylic acid groups (broad SMARTS) is 6. The summed E-state index contributed by atoms with van der Waals surface area (Å²) in [5.41, 5.74) is 0. The quantitative estimate of drug-likeness (QED) is 0.217. The molecule has 160 valence electrons. The summed E-state index contributed by atoms with van der Waals surface area (Å²) < 4.78 is 0. The first-order valence-corrected chi connectivity index (χ1v) is 3.20. The second-order valence-electron chi connectivity index (χ2n) is 1.72. The first-order chi connectivity index (χ1) is 7.93. The van der Waals surface area contributed by atoms with Crippen LogP contribution in [0.2, 0.25) is 0 Å². The van der Waals surface area contributed by atoms with Crippen molar-refractivity contribution in [3.63, 3.8) is 0 Å². The van der Waals surface area contributed by atoms with Crippen LogP contribution in [0.5, 0.6) is 0 Å². The zero-order chi connectivity index (χ0) is 15.5. The van der Waals surface area contributed by atoms with Crippen LogP contribution in [0.4, 0.5) is 0 Å². The Balaban J connectivity index is -0.0000000107. The van der Waals surface area contributed by atoms with Crippen LogP contribution < -0.4 is 30.6 Å². The molecule has 27 heavy (non-hydrogen) atoms. The van der Waals surface area contributed by atoms with E-state index in [1.54, 1.807) is 0 Å². The summed E-state index contributed by atoms with van der Waals surface area (Å²) in [6.07, 6.45) is 0. The van der Waals surface area contributed by atoms with Gasteiger partial charge in [-0.2, -0.15) is 0 Å². The summed E-state index contributed by atoms with van der Waals surface area (Å²) in [5.74, 6) is -13.1. The van der Waals surface area contributed by atoms with Crippen molar-refractivity contribution in [1.29, 1.82) is 0 Å². The van der Waals surface area contributed by atoms with Crippen molar-refractivity contribution in [3.8, 4) is 0 Å². The Morgan fingerprint density at radius 3 is 0.333 bits per heavy atom. The maximum absolute atomic E-state index is 8.93. The molecule has 0 atom stereocenters. The molecule has 0 aromatic carbocycles. The Hall–Kier alpha value is -0.707. The van der Waals surface area contributed by atoms with Crippen molar-refractivity contribution in [2.75, 3.05) is 0 Å². The Labute approximate surface area is 214 Å². The molecule has 21 heteroatoms. The van der Waals surface area contributed by atoms with E-state index in [1.165, 1.54) is 0 Å². The van der Waals surface area contributed by atoms with Gasteiger partial charge in [-0.15, -0.1) is 0 Å². The predicted molar refractivity (Wildman–Crippen MR) is 55.3 cm³/mol. The molecule has 14 N–H and O–H groups in total. The fraction of sp³-hybridized carbons (Fsp3) is 0. The van der Waals surface area contributed by atoms with E-state index in [9.17, 15) is 0 Å². The van der Waals surface area contributed by atoms with Crippen molar-refractivity contribution in [1.82, 2.24) is 0 Å². The van der Waals surface area contributed by atoms with Gasteiger partial charge in [-0.1, -0.05) is 0 Å². The number of carboxylic acids is 6. The van der Waals surface area contributed by atoms with Gasteiger partial charge in [0.25, 0.3) is 0 Å². The van der Waals surface area contributed by atoms with E-state index in [2.05, 4.69) is 0 Å². The molecule has 0 fully saturated rings. The van der Waals surface area contributed by atoms with E-state index in [0.29, 0.717) is 0 Å². The second kappa shape index (κ2) is 49.9. The van der Waals surface area contributed by atoms with Gasteiger partial charge in [0.1, 0.15) is 0 Å². The fourth-order valence-electron chi connectivity index (χ4n) is 0. The predicted octanol–water partition coefficient (Wildman–Crippen LogP) is -16.3. The van der Waals surface area contributed by atoms with Crippen molar-refractivity contribution in [2.45, 2.75) is 0 Å². The summed E-state index contributed by atoms with van der Waals surface area (Å²) in [6.45, 7) is 0. The Bertz CT molecular complexity index is 285. The number of rotatable bonds is 0. The molecule has 0 saturated carbocycles. The van der Waals surface area contributed by atoms with Gasteiger partial charge in [0.2, 0.25) is 0 Å².